The van der Waals surface area contributed by atoms with E-state index in [0.717, 1.165) is 63.1 Å². The maximum atomic E-state index is 12.5. The van der Waals surface area contributed by atoms with Crippen LogP contribution < -0.4 is 0 Å². The molecule has 1 aliphatic rings. The van der Waals surface area contributed by atoms with Crippen LogP contribution in [0.5, 0.6) is 0 Å². The molecule has 1 heterocycles. The highest BCUT2D eigenvalue weighted by Crippen LogP contribution is 2.27. The summed E-state index contributed by atoms with van der Waals surface area (Å²) in [5.41, 5.74) is 1.29. The number of rotatable bonds is 15. The molecule has 0 saturated carbocycles. The normalized spacial score (nSPS) is 17.3. The lowest BCUT2D eigenvalue weighted by Crippen LogP contribution is -2.22. The van der Waals surface area contributed by atoms with Gasteiger partial charge in [-0.3, -0.25) is 9.59 Å². The molecule has 0 radical (unpaired) electrons. The van der Waals surface area contributed by atoms with Crippen LogP contribution in [0, 0.1) is 0 Å². The monoisotopic (exact) mass is 450 g/mol. The average Bonchev–Trinajstić information content (AvgIpc) is 2.79. The summed E-state index contributed by atoms with van der Waals surface area (Å²) in [4.78, 5) is 25.3. The van der Waals surface area contributed by atoms with Gasteiger partial charge in [0, 0.05) is 18.1 Å². The first-order chi connectivity index (χ1) is 15.1. The Hall–Kier alpha value is -1.37. The zero-order chi connectivity index (χ0) is 22.3. The Kier molecular flexibility index (Phi) is 12.9. The predicted octanol–water partition coefficient (Wildman–Crippen LogP) is 5.73. The van der Waals surface area contributed by atoms with E-state index >= 15 is 0 Å². The lowest BCUT2D eigenvalue weighted by atomic mass is 10.1. The molecule has 2 rings (SSSR count). The first-order valence-electron chi connectivity index (χ1n) is 11.8. The maximum absolute atomic E-state index is 12.5. The van der Waals surface area contributed by atoms with Crippen molar-refractivity contribution in [1.82, 2.24) is 0 Å². The number of carbonyl (C=O) groups excluding carboxylic acids is 2. The number of thioether (sulfide) groups is 1. The third-order valence-electron chi connectivity index (χ3n) is 5.31. The van der Waals surface area contributed by atoms with E-state index in [0.29, 0.717) is 13.0 Å². The predicted molar refractivity (Wildman–Crippen MR) is 124 cm³/mol. The second-order valence-corrected chi connectivity index (χ2v) is 9.28. The third-order valence-corrected chi connectivity index (χ3v) is 6.74. The van der Waals surface area contributed by atoms with Gasteiger partial charge in [-0.15, -0.1) is 11.8 Å². The number of benzene rings is 1. The number of carbonyl (C=O) groups is 2. The van der Waals surface area contributed by atoms with Crippen LogP contribution in [0.2, 0.25) is 0 Å². The van der Waals surface area contributed by atoms with Crippen LogP contribution in [0.1, 0.15) is 77.2 Å². The smallest absolute Gasteiger partial charge is 0.313 e. The van der Waals surface area contributed by atoms with E-state index < -0.39 is 5.97 Å². The van der Waals surface area contributed by atoms with Crippen molar-refractivity contribution in [2.75, 3.05) is 19.8 Å². The summed E-state index contributed by atoms with van der Waals surface area (Å²) >= 11 is 1.53. The molecule has 174 valence electrons. The molecule has 1 aromatic carbocycles. The number of unbranched alkanes of at least 4 members (excludes halogenated alkanes) is 2. The molecule has 1 aromatic rings. The van der Waals surface area contributed by atoms with Crippen molar-refractivity contribution < 1.29 is 23.8 Å². The Morgan fingerprint density at radius 2 is 1.90 bits per heavy atom. The minimum Gasteiger partial charge on any atom is -0.465 e. The average molecular weight is 451 g/mol. The van der Waals surface area contributed by atoms with E-state index in [-0.39, 0.29) is 23.7 Å². The van der Waals surface area contributed by atoms with E-state index in [1.54, 1.807) is 0 Å². The largest absolute Gasteiger partial charge is 0.465 e. The Bertz CT molecular complexity index is 640. The maximum Gasteiger partial charge on any atom is 0.313 e. The summed E-state index contributed by atoms with van der Waals surface area (Å²) in [5, 5.41) is -0.219. The summed E-state index contributed by atoms with van der Waals surface area (Å²) in [6.45, 7) is 5.99. The highest BCUT2D eigenvalue weighted by Gasteiger charge is 2.21. The van der Waals surface area contributed by atoms with Gasteiger partial charge in [-0.1, -0.05) is 32.4 Å². The Labute approximate surface area is 191 Å². The Balaban J connectivity index is 1.67. The fourth-order valence-electron chi connectivity index (χ4n) is 3.40. The molecule has 6 heteroatoms. The number of ether oxygens (including phenoxy) is 3. The fourth-order valence-corrected chi connectivity index (χ4v) is 4.40. The van der Waals surface area contributed by atoms with Crippen LogP contribution in [0.15, 0.2) is 29.2 Å². The quantitative estimate of drug-likeness (QED) is 0.147. The van der Waals surface area contributed by atoms with Gasteiger partial charge in [0.1, 0.15) is 6.42 Å². The van der Waals surface area contributed by atoms with Gasteiger partial charge in [0.05, 0.1) is 11.9 Å². The second kappa shape index (κ2) is 15.4. The molecule has 0 spiro atoms. The molecule has 0 bridgehead atoms. The molecule has 5 nitrogen and oxygen atoms in total. The Morgan fingerprint density at radius 3 is 2.58 bits per heavy atom. The van der Waals surface area contributed by atoms with Crippen LogP contribution in [0.25, 0.3) is 0 Å². The van der Waals surface area contributed by atoms with Gasteiger partial charge in [0.15, 0.2) is 12.1 Å². The molecule has 2 unspecified atom stereocenters. The van der Waals surface area contributed by atoms with Crippen molar-refractivity contribution in [3.8, 4) is 0 Å². The molecule has 1 saturated heterocycles. The second-order valence-electron chi connectivity index (χ2n) is 8.00. The highest BCUT2D eigenvalue weighted by atomic mass is 32.2. The molecule has 1 fully saturated rings. The summed E-state index contributed by atoms with van der Waals surface area (Å²) in [6, 6.07) is 8.40. The molecule has 2 atom stereocenters. The topological polar surface area (TPSA) is 61.8 Å². The van der Waals surface area contributed by atoms with Gasteiger partial charge in [0.2, 0.25) is 0 Å². The number of aryl methyl sites for hydroxylation is 1. The molecule has 0 aliphatic carbocycles. The number of hydrogen-bond acceptors (Lipinski definition) is 6. The first-order valence-corrected chi connectivity index (χ1v) is 12.7. The van der Waals surface area contributed by atoms with Crippen LogP contribution in [-0.2, 0) is 30.2 Å². The summed E-state index contributed by atoms with van der Waals surface area (Å²) < 4.78 is 16.5. The van der Waals surface area contributed by atoms with Gasteiger partial charge >= 0.3 is 5.97 Å². The van der Waals surface area contributed by atoms with Crippen LogP contribution >= 0.6 is 11.8 Å². The van der Waals surface area contributed by atoms with Gasteiger partial charge in [-0.2, -0.15) is 0 Å². The minimum absolute atomic E-state index is 0.00234. The molecule has 0 amide bonds. The minimum atomic E-state index is -0.410. The van der Waals surface area contributed by atoms with Crippen LogP contribution in [0.3, 0.4) is 0 Å². The van der Waals surface area contributed by atoms with Crippen molar-refractivity contribution in [2.24, 2.45) is 0 Å². The zero-order valence-corrected chi connectivity index (χ0v) is 19.9. The molecule has 31 heavy (non-hydrogen) atoms. The number of ketones is 1. The Morgan fingerprint density at radius 1 is 1.10 bits per heavy atom. The molecule has 0 N–H and O–H groups in total. The van der Waals surface area contributed by atoms with E-state index in [4.69, 9.17) is 14.2 Å². The van der Waals surface area contributed by atoms with Crippen molar-refractivity contribution in [3.63, 3.8) is 0 Å². The van der Waals surface area contributed by atoms with Crippen molar-refractivity contribution in [1.29, 1.82) is 0 Å². The number of hydrogen-bond donors (Lipinski definition) is 0. The number of esters is 1. The number of Topliss-reactive ketones (excluding diaryl/α,β-unsaturated/α-hetero) is 1. The molecular formula is C25H38O5S. The van der Waals surface area contributed by atoms with Gasteiger partial charge in [-0.25, -0.2) is 0 Å². The van der Waals surface area contributed by atoms with Gasteiger partial charge in [-0.05, 0) is 69.1 Å². The van der Waals surface area contributed by atoms with Crippen molar-refractivity contribution >= 4 is 23.5 Å². The van der Waals surface area contributed by atoms with Crippen LogP contribution in [0.4, 0.5) is 0 Å². The highest BCUT2D eigenvalue weighted by molar-refractivity contribution is 8.00. The zero-order valence-electron chi connectivity index (χ0n) is 19.1. The molecule has 1 aliphatic heterocycles. The van der Waals surface area contributed by atoms with Crippen LogP contribution in [-0.4, -0.2) is 43.1 Å². The lowest BCUT2D eigenvalue weighted by Gasteiger charge is -2.22. The van der Waals surface area contributed by atoms with E-state index in [1.165, 1.54) is 23.7 Å². The third kappa shape index (κ3) is 10.7. The van der Waals surface area contributed by atoms with Crippen molar-refractivity contribution in [3.05, 3.63) is 29.8 Å². The van der Waals surface area contributed by atoms with E-state index in [1.807, 2.05) is 13.8 Å². The SMILES string of the molecule is CCCCOC(=O)CC(=O)C(CC)Sc1ccc(CCCCOC2CCCCO2)cc1. The van der Waals surface area contributed by atoms with Crippen molar-refractivity contribution in [2.45, 2.75) is 94.5 Å². The van der Waals surface area contributed by atoms with E-state index in [9.17, 15) is 9.59 Å². The summed E-state index contributed by atoms with van der Waals surface area (Å²) in [6.07, 6.45) is 8.83. The standard InChI is InChI=1S/C25H38O5S/c1-3-5-16-28-24(27)19-22(26)23(4-2)31-21-14-12-20(13-15-21)10-6-8-17-29-25-11-7-9-18-30-25/h12-15,23,25H,3-11,16-19H2,1-2H3. The summed E-state index contributed by atoms with van der Waals surface area (Å²) in [5.74, 6) is -0.466. The van der Waals surface area contributed by atoms with Gasteiger partial charge < -0.3 is 14.2 Å². The molecule has 0 aromatic heterocycles. The van der Waals surface area contributed by atoms with E-state index in [2.05, 4.69) is 24.3 Å². The molecular weight excluding hydrogens is 412 g/mol. The summed E-state index contributed by atoms with van der Waals surface area (Å²) in [7, 11) is 0. The lowest BCUT2D eigenvalue weighted by molar-refractivity contribution is -0.162. The van der Waals surface area contributed by atoms with Gasteiger partial charge in [0.25, 0.3) is 0 Å². The first kappa shape index (κ1) is 25.9. The fraction of sp³-hybridized carbons (Fsp3) is 0.680.